The summed E-state index contributed by atoms with van der Waals surface area (Å²) < 4.78 is 4.63. The second kappa shape index (κ2) is 6.15. The first-order valence-electron chi connectivity index (χ1n) is 6.63. The fraction of sp³-hybridized carbons (Fsp3) is 0.400. The molecule has 1 aliphatic carbocycles. The van der Waals surface area contributed by atoms with Crippen LogP contribution in [-0.4, -0.2) is 19.0 Å². The second-order valence-corrected chi connectivity index (χ2v) is 5.45. The van der Waals surface area contributed by atoms with Crippen LogP contribution in [0.15, 0.2) is 18.2 Å². The zero-order valence-electron chi connectivity index (χ0n) is 11.6. The number of methoxy groups -OCH3 is 1. The number of benzene rings is 1. The number of halogens is 1. The maximum atomic E-state index is 12.4. The molecule has 0 heterocycles. The van der Waals surface area contributed by atoms with Crippen molar-refractivity contribution in [2.24, 2.45) is 5.41 Å². The topological polar surface area (TPSA) is 79.2 Å². The van der Waals surface area contributed by atoms with Gasteiger partial charge in [0.15, 0.2) is 0 Å². The predicted octanol–water partition coefficient (Wildman–Crippen LogP) is 3.15. The third-order valence-electron chi connectivity index (χ3n) is 3.74. The Labute approximate surface area is 127 Å². The van der Waals surface area contributed by atoms with Crippen LogP contribution in [0.2, 0.25) is 5.02 Å². The van der Waals surface area contributed by atoms with Crippen LogP contribution in [0.25, 0.3) is 0 Å². The molecule has 0 aromatic heterocycles. The number of rotatable bonds is 3. The quantitative estimate of drug-likeness (QED) is 0.870. The van der Waals surface area contributed by atoms with Gasteiger partial charge in [-0.05, 0) is 31.0 Å². The van der Waals surface area contributed by atoms with Gasteiger partial charge in [-0.15, -0.1) is 0 Å². The summed E-state index contributed by atoms with van der Waals surface area (Å²) in [6, 6.07) is 6.59. The summed E-state index contributed by atoms with van der Waals surface area (Å²) in [5, 5.41) is 12.3. The van der Waals surface area contributed by atoms with E-state index < -0.39 is 11.4 Å². The molecule has 0 bridgehead atoms. The first-order valence-corrected chi connectivity index (χ1v) is 7.01. The van der Waals surface area contributed by atoms with Crippen LogP contribution < -0.4 is 5.32 Å². The minimum atomic E-state index is -0.995. The SMILES string of the molecule is COC(=O)c1ccc(Cl)c(NC(=O)C2(C#N)CCCC2)c1. The van der Waals surface area contributed by atoms with Gasteiger partial charge in [-0.2, -0.15) is 5.26 Å². The molecule has 1 saturated carbocycles. The van der Waals surface area contributed by atoms with Gasteiger partial charge >= 0.3 is 5.97 Å². The van der Waals surface area contributed by atoms with Crippen LogP contribution in [0.5, 0.6) is 0 Å². The molecule has 110 valence electrons. The van der Waals surface area contributed by atoms with E-state index in [0.717, 1.165) is 12.8 Å². The second-order valence-electron chi connectivity index (χ2n) is 5.04. The molecular weight excluding hydrogens is 292 g/mol. The van der Waals surface area contributed by atoms with E-state index >= 15 is 0 Å². The van der Waals surface area contributed by atoms with Crippen LogP contribution >= 0.6 is 11.6 Å². The number of hydrogen-bond donors (Lipinski definition) is 1. The molecule has 1 fully saturated rings. The van der Waals surface area contributed by atoms with Crippen LogP contribution in [0.3, 0.4) is 0 Å². The van der Waals surface area contributed by atoms with Crippen molar-refractivity contribution in [3.05, 3.63) is 28.8 Å². The van der Waals surface area contributed by atoms with E-state index in [0.29, 0.717) is 23.6 Å². The van der Waals surface area contributed by atoms with E-state index in [-0.39, 0.29) is 11.5 Å². The lowest BCUT2D eigenvalue weighted by Gasteiger charge is -2.20. The van der Waals surface area contributed by atoms with Crippen molar-refractivity contribution in [3.8, 4) is 6.07 Å². The van der Waals surface area contributed by atoms with Gasteiger partial charge in [0, 0.05) is 0 Å². The summed E-state index contributed by atoms with van der Waals surface area (Å²) in [6.07, 6.45) is 2.81. The maximum Gasteiger partial charge on any atom is 0.337 e. The molecule has 1 amide bonds. The highest BCUT2D eigenvalue weighted by atomic mass is 35.5. The maximum absolute atomic E-state index is 12.4. The van der Waals surface area contributed by atoms with E-state index in [2.05, 4.69) is 16.1 Å². The number of carbonyl (C=O) groups excluding carboxylic acids is 2. The predicted molar refractivity (Wildman–Crippen MR) is 77.9 cm³/mol. The van der Waals surface area contributed by atoms with Crippen LogP contribution in [0, 0.1) is 16.7 Å². The van der Waals surface area contributed by atoms with Crippen molar-refractivity contribution < 1.29 is 14.3 Å². The molecule has 2 rings (SSSR count). The van der Waals surface area contributed by atoms with Crippen LogP contribution in [0.4, 0.5) is 5.69 Å². The number of anilines is 1. The zero-order chi connectivity index (χ0) is 15.5. The van der Waals surface area contributed by atoms with Crippen LogP contribution in [0.1, 0.15) is 36.0 Å². The number of hydrogen-bond acceptors (Lipinski definition) is 4. The zero-order valence-corrected chi connectivity index (χ0v) is 12.4. The molecule has 5 nitrogen and oxygen atoms in total. The lowest BCUT2D eigenvalue weighted by atomic mass is 9.87. The Morgan fingerprint density at radius 3 is 2.62 bits per heavy atom. The highest BCUT2D eigenvalue weighted by molar-refractivity contribution is 6.34. The molecule has 0 radical (unpaired) electrons. The Kier molecular flexibility index (Phi) is 4.49. The van der Waals surface area contributed by atoms with Gasteiger partial charge in [0.05, 0.1) is 29.5 Å². The Morgan fingerprint density at radius 2 is 2.05 bits per heavy atom. The third kappa shape index (κ3) is 3.01. The summed E-state index contributed by atoms with van der Waals surface area (Å²) in [6.45, 7) is 0. The molecule has 6 heteroatoms. The van der Waals surface area contributed by atoms with Crippen molar-refractivity contribution in [3.63, 3.8) is 0 Å². The molecule has 21 heavy (non-hydrogen) atoms. The molecule has 0 saturated heterocycles. The summed E-state index contributed by atoms with van der Waals surface area (Å²) in [5.74, 6) is -0.885. The molecule has 0 spiro atoms. The number of nitriles is 1. The number of ether oxygens (including phenoxy) is 1. The summed E-state index contributed by atoms with van der Waals surface area (Å²) in [4.78, 5) is 23.9. The van der Waals surface area contributed by atoms with Crippen molar-refractivity contribution in [1.82, 2.24) is 0 Å². The first-order chi connectivity index (χ1) is 10.0. The highest BCUT2D eigenvalue weighted by Crippen LogP contribution is 2.39. The normalized spacial score (nSPS) is 16.0. The first kappa shape index (κ1) is 15.3. The van der Waals surface area contributed by atoms with Crippen molar-refractivity contribution >= 4 is 29.2 Å². The smallest absolute Gasteiger partial charge is 0.337 e. The fourth-order valence-electron chi connectivity index (χ4n) is 2.48. The molecule has 1 N–H and O–H groups in total. The standard InChI is InChI=1S/C15H15ClN2O3/c1-21-13(19)10-4-5-11(16)12(8-10)18-14(20)15(9-17)6-2-3-7-15/h4-5,8H,2-3,6-7H2,1H3,(H,18,20). The fourth-order valence-corrected chi connectivity index (χ4v) is 2.64. The van der Waals surface area contributed by atoms with Gasteiger partial charge in [-0.1, -0.05) is 24.4 Å². The lowest BCUT2D eigenvalue weighted by molar-refractivity contribution is -0.122. The van der Waals surface area contributed by atoms with Gasteiger partial charge in [-0.25, -0.2) is 4.79 Å². The number of amides is 1. The third-order valence-corrected chi connectivity index (χ3v) is 4.07. The summed E-state index contributed by atoms with van der Waals surface area (Å²) in [5.41, 5.74) is -0.398. The average molecular weight is 307 g/mol. The molecule has 0 unspecified atom stereocenters. The Hall–Kier alpha value is -2.06. The van der Waals surface area contributed by atoms with Crippen molar-refractivity contribution in [2.45, 2.75) is 25.7 Å². The summed E-state index contributed by atoms with van der Waals surface area (Å²) in [7, 11) is 1.28. The minimum Gasteiger partial charge on any atom is -0.465 e. The molecule has 1 aliphatic rings. The van der Waals surface area contributed by atoms with Gasteiger partial charge in [0.1, 0.15) is 5.41 Å². The van der Waals surface area contributed by atoms with Gasteiger partial charge in [-0.3, -0.25) is 4.79 Å². The largest absolute Gasteiger partial charge is 0.465 e. The van der Waals surface area contributed by atoms with E-state index in [1.165, 1.54) is 25.3 Å². The number of esters is 1. The van der Waals surface area contributed by atoms with E-state index in [9.17, 15) is 14.9 Å². The average Bonchev–Trinajstić information content (AvgIpc) is 2.98. The Morgan fingerprint density at radius 1 is 1.38 bits per heavy atom. The molecule has 0 aliphatic heterocycles. The number of carbonyl (C=O) groups is 2. The van der Waals surface area contributed by atoms with Gasteiger partial charge in [0.2, 0.25) is 5.91 Å². The lowest BCUT2D eigenvalue weighted by Crippen LogP contribution is -2.32. The number of nitrogens with zero attached hydrogens (tertiary/aromatic N) is 1. The summed E-state index contributed by atoms with van der Waals surface area (Å²) >= 11 is 6.03. The Balaban J connectivity index is 2.25. The molecule has 1 aromatic carbocycles. The van der Waals surface area contributed by atoms with Crippen LogP contribution in [-0.2, 0) is 9.53 Å². The number of nitrogens with one attached hydrogen (secondary N) is 1. The van der Waals surface area contributed by atoms with E-state index in [4.69, 9.17) is 11.6 Å². The minimum absolute atomic E-state index is 0.287. The monoisotopic (exact) mass is 306 g/mol. The van der Waals surface area contributed by atoms with Gasteiger partial charge < -0.3 is 10.1 Å². The Bertz CT molecular complexity index is 616. The van der Waals surface area contributed by atoms with E-state index in [1.807, 2.05) is 0 Å². The van der Waals surface area contributed by atoms with E-state index in [1.54, 1.807) is 0 Å². The molecular formula is C15H15ClN2O3. The van der Waals surface area contributed by atoms with Gasteiger partial charge in [0.25, 0.3) is 0 Å². The highest BCUT2D eigenvalue weighted by Gasteiger charge is 2.41. The molecule has 0 atom stereocenters. The van der Waals surface area contributed by atoms with Crippen molar-refractivity contribution in [1.29, 1.82) is 5.26 Å². The molecule has 1 aromatic rings. The van der Waals surface area contributed by atoms with Crippen molar-refractivity contribution in [2.75, 3.05) is 12.4 Å².